The minimum atomic E-state index is -0.681. The number of hydrogen-bond acceptors (Lipinski definition) is 4. The second kappa shape index (κ2) is 9.09. The molecule has 21 heavy (non-hydrogen) atoms. The van der Waals surface area contributed by atoms with Crippen LogP contribution in [0.1, 0.15) is 19.4 Å². The van der Waals surface area contributed by atoms with Gasteiger partial charge in [-0.1, -0.05) is 24.1 Å². The van der Waals surface area contributed by atoms with Crippen molar-refractivity contribution in [2.24, 2.45) is 0 Å². The van der Waals surface area contributed by atoms with Crippen LogP contribution in [0.3, 0.4) is 0 Å². The molecule has 0 aliphatic rings. The zero-order chi connectivity index (χ0) is 15.7. The van der Waals surface area contributed by atoms with Gasteiger partial charge in [-0.05, 0) is 32.2 Å². The smallest absolute Gasteiger partial charge is 0.329 e. The summed E-state index contributed by atoms with van der Waals surface area (Å²) in [6.07, 6.45) is 1.64. The van der Waals surface area contributed by atoms with Crippen LogP contribution in [0.25, 0.3) is 0 Å². The molecule has 0 saturated heterocycles. The van der Waals surface area contributed by atoms with E-state index in [1.165, 1.54) is 11.8 Å². The molecule has 5 heteroatoms. The minimum absolute atomic E-state index is 0.214. The number of ether oxygens (including phenoxy) is 1. The molecule has 0 bridgehead atoms. The lowest BCUT2D eigenvalue weighted by Crippen LogP contribution is -2.43. The lowest BCUT2D eigenvalue weighted by Gasteiger charge is -2.16. The van der Waals surface area contributed by atoms with Gasteiger partial charge in [-0.25, -0.2) is 4.79 Å². The van der Waals surface area contributed by atoms with E-state index in [1.54, 1.807) is 13.8 Å². The fourth-order valence-corrected chi connectivity index (χ4v) is 2.05. The predicted octanol–water partition coefficient (Wildman–Crippen LogP) is 1.84. The van der Waals surface area contributed by atoms with Crippen LogP contribution < -0.4 is 5.32 Å². The molecule has 4 nitrogen and oxygen atoms in total. The van der Waals surface area contributed by atoms with Crippen molar-refractivity contribution in [3.63, 3.8) is 0 Å². The van der Waals surface area contributed by atoms with E-state index in [4.69, 9.17) is 4.74 Å². The highest BCUT2D eigenvalue weighted by Crippen LogP contribution is 2.02. The van der Waals surface area contributed by atoms with Gasteiger partial charge in [0.05, 0.1) is 6.10 Å². The summed E-state index contributed by atoms with van der Waals surface area (Å²) in [4.78, 5) is 23.6. The summed E-state index contributed by atoms with van der Waals surface area (Å²) in [6, 6.07) is 8.51. The second-order valence-corrected chi connectivity index (χ2v) is 5.49. The third-order valence-electron chi connectivity index (χ3n) is 2.37. The molecule has 0 aliphatic carbocycles. The van der Waals surface area contributed by atoms with Crippen LogP contribution in [0.15, 0.2) is 30.3 Å². The third-order valence-corrected chi connectivity index (χ3v) is 3.04. The zero-order valence-electron chi connectivity index (χ0n) is 12.4. The SMILES string of the molecule is CSC[C@H](NC(=O)C#Cc1ccccc1)C(=O)OC(C)C. The Hall–Kier alpha value is -1.93. The van der Waals surface area contributed by atoms with E-state index in [0.717, 1.165) is 5.56 Å². The van der Waals surface area contributed by atoms with Crippen LogP contribution in [0, 0.1) is 11.8 Å². The summed E-state index contributed by atoms with van der Waals surface area (Å²) >= 11 is 1.46. The lowest BCUT2D eigenvalue weighted by atomic mass is 10.2. The van der Waals surface area contributed by atoms with Gasteiger partial charge in [0, 0.05) is 17.2 Å². The van der Waals surface area contributed by atoms with Gasteiger partial charge in [0.15, 0.2) is 0 Å². The van der Waals surface area contributed by atoms with Crippen LogP contribution in [0.5, 0.6) is 0 Å². The first kappa shape index (κ1) is 17.1. The van der Waals surface area contributed by atoms with Crippen molar-refractivity contribution < 1.29 is 14.3 Å². The van der Waals surface area contributed by atoms with Crippen molar-refractivity contribution in [3.8, 4) is 11.8 Å². The zero-order valence-corrected chi connectivity index (χ0v) is 13.2. The second-order valence-electron chi connectivity index (χ2n) is 4.58. The number of amides is 1. The third kappa shape index (κ3) is 6.87. The number of esters is 1. The molecule has 0 fully saturated rings. The first-order chi connectivity index (χ1) is 10.0. The maximum atomic E-state index is 11.9. The molecule has 0 aliphatic heterocycles. The van der Waals surface area contributed by atoms with E-state index in [2.05, 4.69) is 17.2 Å². The lowest BCUT2D eigenvalue weighted by molar-refractivity contribution is -0.150. The van der Waals surface area contributed by atoms with Gasteiger partial charge in [-0.2, -0.15) is 11.8 Å². The molecule has 0 saturated carbocycles. The Morgan fingerprint density at radius 1 is 1.29 bits per heavy atom. The average molecular weight is 305 g/mol. The fraction of sp³-hybridized carbons (Fsp3) is 0.375. The number of nitrogens with one attached hydrogen (secondary N) is 1. The molecule has 1 aromatic rings. The Balaban J connectivity index is 2.65. The Labute approximate surface area is 129 Å². The predicted molar refractivity (Wildman–Crippen MR) is 84.9 cm³/mol. The van der Waals surface area contributed by atoms with E-state index < -0.39 is 17.9 Å². The first-order valence-corrected chi connectivity index (χ1v) is 7.99. The largest absolute Gasteiger partial charge is 0.461 e. The molecule has 1 amide bonds. The van der Waals surface area contributed by atoms with Crippen molar-refractivity contribution >= 4 is 23.6 Å². The van der Waals surface area contributed by atoms with E-state index in [-0.39, 0.29) is 6.10 Å². The van der Waals surface area contributed by atoms with Crippen molar-refractivity contribution in [2.45, 2.75) is 26.0 Å². The molecule has 1 aromatic carbocycles. The Morgan fingerprint density at radius 2 is 1.95 bits per heavy atom. The number of thioether (sulfide) groups is 1. The maximum absolute atomic E-state index is 11.9. The van der Waals surface area contributed by atoms with Crippen molar-refractivity contribution in [2.75, 3.05) is 12.0 Å². The molecule has 1 N–H and O–H groups in total. The number of hydrogen-bond donors (Lipinski definition) is 1. The van der Waals surface area contributed by atoms with Crippen molar-refractivity contribution in [1.82, 2.24) is 5.32 Å². The van der Waals surface area contributed by atoms with Crippen LogP contribution in [-0.4, -0.2) is 36.0 Å². The molecule has 112 valence electrons. The first-order valence-electron chi connectivity index (χ1n) is 6.60. The van der Waals surface area contributed by atoms with Gasteiger partial charge in [0.1, 0.15) is 6.04 Å². The summed E-state index contributed by atoms with van der Waals surface area (Å²) in [6.45, 7) is 3.54. The quantitative estimate of drug-likeness (QED) is 0.666. The summed E-state index contributed by atoms with van der Waals surface area (Å²) in [5.74, 6) is 4.75. The molecule has 0 heterocycles. The standard InChI is InChI=1S/C16H19NO3S/c1-12(2)20-16(19)14(11-21-3)17-15(18)10-9-13-7-5-4-6-8-13/h4-8,12,14H,11H2,1-3H3,(H,17,18)/t14-/m0/s1. The van der Waals surface area contributed by atoms with Crippen LogP contribution in [0.2, 0.25) is 0 Å². The highest BCUT2D eigenvalue weighted by atomic mass is 32.2. The van der Waals surface area contributed by atoms with Crippen molar-refractivity contribution in [3.05, 3.63) is 35.9 Å². The molecule has 1 atom stereocenters. The highest BCUT2D eigenvalue weighted by molar-refractivity contribution is 7.98. The molecular formula is C16H19NO3S. The van der Waals surface area contributed by atoms with Gasteiger partial charge >= 0.3 is 5.97 Å². The summed E-state index contributed by atoms with van der Waals surface area (Å²) in [7, 11) is 0. The molecule has 0 aromatic heterocycles. The van der Waals surface area contributed by atoms with E-state index in [9.17, 15) is 9.59 Å². The van der Waals surface area contributed by atoms with Gasteiger partial charge in [0.2, 0.25) is 0 Å². The Kier molecular flexibility index (Phi) is 7.41. The topological polar surface area (TPSA) is 55.4 Å². The molecule has 0 radical (unpaired) electrons. The van der Waals surface area contributed by atoms with E-state index in [1.807, 2.05) is 36.6 Å². The number of carbonyl (C=O) groups is 2. The fourth-order valence-electron chi connectivity index (χ4n) is 1.49. The van der Waals surface area contributed by atoms with Gasteiger partial charge < -0.3 is 10.1 Å². The van der Waals surface area contributed by atoms with Gasteiger partial charge in [-0.15, -0.1) is 0 Å². The van der Waals surface area contributed by atoms with Gasteiger partial charge in [-0.3, -0.25) is 4.79 Å². The molecule has 0 spiro atoms. The van der Waals surface area contributed by atoms with E-state index >= 15 is 0 Å². The number of carbonyl (C=O) groups excluding carboxylic acids is 2. The van der Waals surface area contributed by atoms with Crippen LogP contribution in [0.4, 0.5) is 0 Å². The Bertz CT molecular complexity index is 531. The molecule has 0 unspecified atom stereocenters. The Morgan fingerprint density at radius 3 is 2.52 bits per heavy atom. The van der Waals surface area contributed by atoms with E-state index in [0.29, 0.717) is 5.75 Å². The normalized spacial score (nSPS) is 11.2. The monoisotopic (exact) mass is 305 g/mol. The summed E-state index contributed by atoms with van der Waals surface area (Å²) < 4.78 is 5.11. The molecule has 1 rings (SSSR count). The maximum Gasteiger partial charge on any atom is 0.329 e. The molecular weight excluding hydrogens is 286 g/mol. The highest BCUT2D eigenvalue weighted by Gasteiger charge is 2.21. The van der Waals surface area contributed by atoms with Crippen LogP contribution >= 0.6 is 11.8 Å². The number of rotatable bonds is 5. The van der Waals surface area contributed by atoms with Crippen LogP contribution in [-0.2, 0) is 14.3 Å². The summed E-state index contributed by atoms with van der Waals surface area (Å²) in [5, 5.41) is 2.59. The average Bonchev–Trinajstić information content (AvgIpc) is 2.45. The van der Waals surface area contributed by atoms with Crippen molar-refractivity contribution in [1.29, 1.82) is 0 Å². The number of benzene rings is 1. The van der Waals surface area contributed by atoms with Gasteiger partial charge in [0.25, 0.3) is 5.91 Å². The summed E-state index contributed by atoms with van der Waals surface area (Å²) in [5.41, 5.74) is 0.749. The minimum Gasteiger partial charge on any atom is -0.461 e.